The van der Waals surface area contributed by atoms with Gasteiger partial charge in [-0.15, -0.1) is 0 Å². The molecule has 1 aromatic heterocycles. The van der Waals surface area contributed by atoms with Crippen LogP contribution in [0.2, 0.25) is 0 Å². The molecule has 1 aliphatic carbocycles. The lowest BCUT2D eigenvalue weighted by Gasteiger charge is -2.29. The predicted octanol–water partition coefficient (Wildman–Crippen LogP) is 3.60. The highest BCUT2D eigenvalue weighted by Crippen LogP contribution is 2.39. The van der Waals surface area contributed by atoms with E-state index in [0.717, 1.165) is 42.3 Å². The third kappa shape index (κ3) is 2.17. The molecule has 0 radical (unpaired) electrons. The summed E-state index contributed by atoms with van der Waals surface area (Å²) in [6.07, 6.45) is 2.16. The molecule has 20 heavy (non-hydrogen) atoms. The minimum absolute atomic E-state index is 0.368. The second-order valence-electron chi connectivity index (χ2n) is 5.52. The van der Waals surface area contributed by atoms with E-state index in [0.29, 0.717) is 5.92 Å². The van der Waals surface area contributed by atoms with Gasteiger partial charge in [0, 0.05) is 23.7 Å². The van der Waals surface area contributed by atoms with E-state index in [1.807, 2.05) is 0 Å². The number of fused-ring (bicyclic) bond motifs is 1. The summed E-state index contributed by atoms with van der Waals surface area (Å²) in [7, 11) is 0. The average molecular weight is 267 g/mol. The number of nitrogens with zero attached hydrogens (tertiary/aromatic N) is 2. The van der Waals surface area contributed by atoms with Gasteiger partial charge >= 0.3 is 0 Å². The van der Waals surface area contributed by atoms with Gasteiger partial charge in [0.2, 0.25) is 0 Å². The van der Waals surface area contributed by atoms with E-state index in [-0.39, 0.29) is 0 Å². The van der Waals surface area contributed by atoms with Crippen molar-refractivity contribution < 1.29 is 0 Å². The molecule has 1 unspecified atom stereocenters. The molecular weight excluding hydrogens is 246 g/mol. The normalized spacial score (nSPS) is 16.4. The van der Waals surface area contributed by atoms with Gasteiger partial charge in [0.15, 0.2) is 0 Å². The zero-order valence-corrected chi connectivity index (χ0v) is 12.4. The van der Waals surface area contributed by atoms with Gasteiger partial charge in [0.05, 0.1) is 0 Å². The van der Waals surface area contributed by atoms with Crippen molar-refractivity contribution in [3.63, 3.8) is 0 Å². The molecule has 0 fully saturated rings. The summed E-state index contributed by atoms with van der Waals surface area (Å²) in [4.78, 5) is 9.48. The first-order chi connectivity index (χ1) is 9.70. The quantitative estimate of drug-likeness (QED) is 0.919. The summed E-state index contributed by atoms with van der Waals surface area (Å²) in [5.41, 5.74) is 5.06. The molecule has 1 aliphatic rings. The molecule has 1 atom stereocenters. The lowest BCUT2D eigenvalue weighted by molar-refractivity contribution is 0.655. The van der Waals surface area contributed by atoms with Crippen molar-refractivity contribution in [1.29, 1.82) is 0 Å². The van der Waals surface area contributed by atoms with Crippen LogP contribution in [0.1, 0.15) is 47.5 Å². The van der Waals surface area contributed by atoms with Crippen LogP contribution in [0, 0.1) is 13.8 Å². The Morgan fingerprint density at radius 1 is 1.20 bits per heavy atom. The highest BCUT2D eigenvalue weighted by molar-refractivity contribution is 5.49. The van der Waals surface area contributed by atoms with E-state index in [1.54, 1.807) is 0 Å². The Kier molecular flexibility index (Phi) is 3.43. The molecule has 1 aromatic carbocycles. The summed E-state index contributed by atoms with van der Waals surface area (Å²) in [6.45, 7) is 7.28. The molecule has 0 amide bonds. The number of rotatable bonds is 4. The fraction of sp³-hybridized carbons (Fsp3) is 0.412. The van der Waals surface area contributed by atoms with Crippen molar-refractivity contribution in [3.05, 3.63) is 52.5 Å². The van der Waals surface area contributed by atoms with Crippen LogP contribution in [-0.4, -0.2) is 16.5 Å². The Morgan fingerprint density at radius 2 is 2.00 bits per heavy atom. The molecular formula is C17H21N3. The molecule has 1 N–H and O–H groups in total. The molecule has 2 aromatic rings. The Hall–Kier alpha value is -1.90. The summed E-state index contributed by atoms with van der Waals surface area (Å²) in [5, 5.41) is 3.42. The number of benzene rings is 1. The smallest absolute Gasteiger partial charge is 0.138 e. The van der Waals surface area contributed by atoms with Gasteiger partial charge < -0.3 is 5.32 Å². The van der Waals surface area contributed by atoms with Crippen molar-refractivity contribution >= 4 is 5.82 Å². The molecule has 0 aliphatic heterocycles. The maximum Gasteiger partial charge on any atom is 0.138 e. The highest BCUT2D eigenvalue weighted by atomic mass is 15.0. The minimum atomic E-state index is 0.368. The van der Waals surface area contributed by atoms with Crippen molar-refractivity contribution in [1.82, 2.24) is 9.97 Å². The molecule has 104 valence electrons. The van der Waals surface area contributed by atoms with E-state index in [2.05, 4.69) is 50.4 Å². The zero-order chi connectivity index (χ0) is 14.1. The molecule has 0 bridgehead atoms. The topological polar surface area (TPSA) is 37.8 Å². The Morgan fingerprint density at radius 3 is 2.75 bits per heavy atom. The molecule has 3 rings (SSSR count). The monoisotopic (exact) mass is 267 g/mol. The van der Waals surface area contributed by atoms with E-state index in [9.17, 15) is 0 Å². The van der Waals surface area contributed by atoms with Crippen LogP contribution in [0.5, 0.6) is 0 Å². The van der Waals surface area contributed by atoms with Gasteiger partial charge in [-0.1, -0.05) is 31.2 Å². The van der Waals surface area contributed by atoms with Gasteiger partial charge in [-0.25, -0.2) is 9.97 Å². The van der Waals surface area contributed by atoms with Crippen LogP contribution in [0.15, 0.2) is 24.3 Å². The van der Waals surface area contributed by atoms with E-state index < -0.39 is 0 Å². The van der Waals surface area contributed by atoms with Gasteiger partial charge in [0.1, 0.15) is 11.6 Å². The summed E-state index contributed by atoms with van der Waals surface area (Å²) in [6, 6.07) is 8.59. The number of anilines is 1. The number of hydrogen-bond donors (Lipinski definition) is 1. The first-order valence-electron chi connectivity index (χ1n) is 7.37. The molecule has 1 heterocycles. The average Bonchev–Trinajstić information content (AvgIpc) is 2.42. The third-order valence-electron chi connectivity index (χ3n) is 4.12. The van der Waals surface area contributed by atoms with Crippen molar-refractivity contribution in [2.24, 2.45) is 0 Å². The van der Waals surface area contributed by atoms with Crippen LogP contribution in [0.25, 0.3) is 0 Å². The number of nitrogens with one attached hydrogen (secondary N) is 1. The van der Waals surface area contributed by atoms with E-state index in [4.69, 9.17) is 9.97 Å². The molecule has 0 saturated heterocycles. The first kappa shape index (κ1) is 13.1. The maximum absolute atomic E-state index is 4.77. The zero-order valence-electron chi connectivity index (χ0n) is 12.4. The van der Waals surface area contributed by atoms with Crippen LogP contribution in [0.3, 0.4) is 0 Å². The number of aryl methyl sites for hydroxylation is 1. The summed E-state index contributed by atoms with van der Waals surface area (Å²) >= 11 is 0. The second-order valence-corrected chi connectivity index (χ2v) is 5.52. The predicted molar refractivity (Wildman–Crippen MR) is 82.3 cm³/mol. The molecule has 3 nitrogen and oxygen atoms in total. The van der Waals surface area contributed by atoms with Gasteiger partial charge in [-0.2, -0.15) is 0 Å². The van der Waals surface area contributed by atoms with Gasteiger partial charge in [-0.3, -0.25) is 0 Å². The second kappa shape index (κ2) is 5.23. The Labute approximate surface area is 120 Å². The first-order valence-corrected chi connectivity index (χ1v) is 7.37. The van der Waals surface area contributed by atoms with Crippen LogP contribution < -0.4 is 5.32 Å². The van der Waals surface area contributed by atoms with Crippen LogP contribution >= 0.6 is 0 Å². The minimum Gasteiger partial charge on any atom is -0.370 e. The summed E-state index contributed by atoms with van der Waals surface area (Å²) < 4.78 is 0. The third-order valence-corrected chi connectivity index (χ3v) is 4.12. The molecule has 0 saturated carbocycles. The molecule has 0 spiro atoms. The number of hydrogen-bond acceptors (Lipinski definition) is 3. The van der Waals surface area contributed by atoms with E-state index >= 15 is 0 Å². The lowest BCUT2D eigenvalue weighted by atomic mass is 9.77. The SMILES string of the molecule is CCCNc1nc(C2Cc3ccccc32)nc(C)c1C. The van der Waals surface area contributed by atoms with Crippen molar-refractivity contribution in [2.45, 2.75) is 39.5 Å². The van der Waals surface area contributed by atoms with Gasteiger partial charge in [0.25, 0.3) is 0 Å². The standard InChI is InChI=1S/C17H21N3/c1-4-9-18-16-11(2)12(3)19-17(20-16)15-10-13-7-5-6-8-14(13)15/h5-8,15H,4,9-10H2,1-3H3,(H,18,19,20). The lowest BCUT2D eigenvalue weighted by Crippen LogP contribution is -2.22. The summed E-state index contributed by atoms with van der Waals surface area (Å²) in [5.74, 6) is 2.33. The number of aromatic nitrogens is 2. The largest absolute Gasteiger partial charge is 0.370 e. The van der Waals surface area contributed by atoms with Crippen molar-refractivity contribution in [3.8, 4) is 0 Å². The van der Waals surface area contributed by atoms with Gasteiger partial charge in [-0.05, 0) is 37.8 Å². The fourth-order valence-corrected chi connectivity index (χ4v) is 2.71. The van der Waals surface area contributed by atoms with E-state index in [1.165, 1.54) is 11.1 Å². The van der Waals surface area contributed by atoms with Crippen LogP contribution in [-0.2, 0) is 6.42 Å². The Balaban J connectivity index is 1.94. The fourth-order valence-electron chi connectivity index (χ4n) is 2.71. The maximum atomic E-state index is 4.77. The highest BCUT2D eigenvalue weighted by Gasteiger charge is 2.30. The van der Waals surface area contributed by atoms with Crippen LogP contribution in [0.4, 0.5) is 5.82 Å². The Bertz CT molecular complexity index is 634. The molecule has 3 heteroatoms. The van der Waals surface area contributed by atoms with Crippen molar-refractivity contribution in [2.75, 3.05) is 11.9 Å².